The molecule has 0 unspecified atom stereocenters. The van der Waals surface area contributed by atoms with Gasteiger partial charge in [0.25, 0.3) is 0 Å². The molecule has 0 aliphatic rings. The van der Waals surface area contributed by atoms with E-state index in [4.69, 9.17) is 0 Å². The van der Waals surface area contributed by atoms with Gasteiger partial charge in [0.2, 0.25) is 0 Å². The Bertz CT molecular complexity index is 207. The summed E-state index contributed by atoms with van der Waals surface area (Å²) in [7, 11) is -4.19. The van der Waals surface area contributed by atoms with Crippen molar-refractivity contribution >= 4 is 10.4 Å². The highest BCUT2D eigenvalue weighted by Crippen LogP contribution is 2.00. The zero-order chi connectivity index (χ0) is 11.6. The maximum atomic E-state index is 10.9. The Kier molecular flexibility index (Phi) is 8.92. The van der Waals surface area contributed by atoms with Crippen LogP contribution in [0.2, 0.25) is 0 Å². The third kappa shape index (κ3) is 10.1. The van der Waals surface area contributed by atoms with E-state index >= 15 is 0 Å². The molecule has 92 valence electrons. The first kappa shape index (κ1) is 14.8. The minimum atomic E-state index is -4.19. The van der Waals surface area contributed by atoms with Crippen molar-refractivity contribution in [3.05, 3.63) is 0 Å². The highest BCUT2D eigenvalue weighted by Gasteiger charge is 2.14. The molecular weight excluding hydrogens is 224 g/mol. The molecule has 0 aromatic rings. The van der Waals surface area contributed by atoms with E-state index in [1.54, 1.807) is 0 Å². The van der Waals surface area contributed by atoms with Crippen LogP contribution >= 0.6 is 0 Å². The topological polar surface area (TPSA) is 71.1 Å². The fraction of sp³-hybridized carbons (Fsp3) is 1.00. The minimum Gasteiger partial charge on any atom is -0.218 e. The molecule has 0 rings (SSSR count). The highest BCUT2D eigenvalue weighted by molar-refractivity contribution is 7.81. The Morgan fingerprint density at radius 2 is 1.27 bits per heavy atom. The summed E-state index contributed by atoms with van der Waals surface area (Å²) >= 11 is 0. The average molecular weight is 242 g/mol. The molecule has 0 radical (unpaired) electrons. The number of rotatable bonds is 10. The molecule has 15 heavy (non-hydrogen) atoms. The van der Waals surface area contributed by atoms with Gasteiger partial charge in [0.15, 0.2) is 0 Å². The third-order valence-corrected chi connectivity index (χ3v) is 1.95. The van der Waals surface area contributed by atoms with Crippen molar-refractivity contribution in [3.63, 3.8) is 0 Å². The van der Waals surface area contributed by atoms with Crippen LogP contribution in [0.25, 0.3) is 0 Å². The van der Waals surface area contributed by atoms with E-state index in [1.807, 2.05) is 13.8 Å². The van der Waals surface area contributed by atoms with Gasteiger partial charge in [0.05, 0.1) is 13.2 Å². The van der Waals surface area contributed by atoms with Crippen LogP contribution in [-0.2, 0) is 28.8 Å². The first-order chi connectivity index (χ1) is 7.12. The van der Waals surface area contributed by atoms with Crippen LogP contribution in [0, 0.1) is 0 Å². The summed E-state index contributed by atoms with van der Waals surface area (Å²) in [4.78, 5) is 8.81. The van der Waals surface area contributed by atoms with E-state index in [9.17, 15) is 8.42 Å². The average Bonchev–Trinajstić information content (AvgIpc) is 2.20. The maximum absolute atomic E-state index is 10.9. The van der Waals surface area contributed by atoms with Gasteiger partial charge in [-0.25, -0.2) is 9.78 Å². The number of unbranched alkanes of at least 4 members (excludes halogenated alkanes) is 2. The van der Waals surface area contributed by atoms with Crippen LogP contribution in [0.3, 0.4) is 0 Å². The van der Waals surface area contributed by atoms with Gasteiger partial charge < -0.3 is 0 Å². The van der Waals surface area contributed by atoms with Crippen molar-refractivity contribution in [3.8, 4) is 0 Å². The summed E-state index contributed by atoms with van der Waals surface area (Å²) < 4.78 is 29.8. The predicted octanol–water partition coefficient (Wildman–Crippen LogP) is 1.73. The van der Waals surface area contributed by atoms with E-state index < -0.39 is 10.4 Å². The van der Waals surface area contributed by atoms with E-state index in [-0.39, 0.29) is 13.2 Å². The van der Waals surface area contributed by atoms with E-state index in [1.165, 1.54) is 0 Å². The van der Waals surface area contributed by atoms with Crippen molar-refractivity contribution < 1.29 is 26.9 Å². The molecule has 0 heterocycles. The van der Waals surface area contributed by atoms with Gasteiger partial charge in [-0.1, -0.05) is 35.4 Å². The summed E-state index contributed by atoms with van der Waals surface area (Å²) in [5, 5.41) is 0. The lowest BCUT2D eigenvalue weighted by atomic mass is 10.4. The second kappa shape index (κ2) is 9.05. The second-order valence-corrected chi connectivity index (χ2v) is 3.98. The zero-order valence-electron chi connectivity index (χ0n) is 9.10. The summed E-state index contributed by atoms with van der Waals surface area (Å²) in [6.45, 7) is 4.30. The fourth-order valence-corrected chi connectivity index (χ4v) is 0.998. The molecule has 7 heteroatoms. The molecule has 0 saturated heterocycles. The summed E-state index contributed by atoms with van der Waals surface area (Å²) in [5.74, 6) is 0. The smallest absolute Gasteiger partial charge is 0.218 e. The lowest BCUT2D eigenvalue weighted by Gasteiger charge is -2.03. The number of hydrogen-bond acceptors (Lipinski definition) is 6. The van der Waals surface area contributed by atoms with Crippen LogP contribution < -0.4 is 0 Å². The maximum Gasteiger partial charge on any atom is 0.453 e. The van der Waals surface area contributed by atoms with E-state index in [0.29, 0.717) is 12.8 Å². The summed E-state index contributed by atoms with van der Waals surface area (Å²) in [6.07, 6.45) is 3.20. The molecule has 0 fully saturated rings. The molecule has 0 aromatic carbocycles. The SMILES string of the molecule is CCCCOOS(=O)(=O)OOCCCC. The molecule has 0 amide bonds. The van der Waals surface area contributed by atoms with Crippen molar-refractivity contribution in [2.75, 3.05) is 13.2 Å². The molecular formula is C8H18O6S. The van der Waals surface area contributed by atoms with Gasteiger partial charge in [-0.3, -0.25) is 0 Å². The molecule has 0 aliphatic heterocycles. The number of hydrogen-bond donors (Lipinski definition) is 0. The van der Waals surface area contributed by atoms with Gasteiger partial charge in [-0.15, -0.1) is 0 Å². The summed E-state index contributed by atoms with van der Waals surface area (Å²) in [5.41, 5.74) is 0. The van der Waals surface area contributed by atoms with Crippen LogP contribution in [0.15, 0.2) is 0 Å². The van der Waals surface area contributed by atoms with Crippen molar-refractivity contribution in [1.29, 1.82) is 0 Å². The Hall–Kier alpha value is -0.210. The van der Waals surface area contributed by atoms with Gasteiger partial charge >= 0.3 is 10.4 Å². The molecule has 0 atom stereocenters. The van der Waals surface area contributed by atoms with Crippen LogP contribution in [0.4, 0.5) is 0 Å². The normalized spacial score (nSPS) is 11.9. The molecule has 0 aliphatic carbocycles. The largest absolute Gasteiger partial charge is 0.453 e. The van der Waals surface area contributed by atoms with Gasteiger partial charge in [0.1, 0.15) is 0 Å². The standard InChI is InChI=1S/C8H18O6S/c1-3-5-7-11-13-15(9,10)14-12-8-6-4-2/h3-8H2,1-2H3. The quantitative estimate of drug-likeness (QED) is 0.330. The zero-order valence-corrected chi connectivity index (χ0v) is 9.92. The minimum absolute atomic E-state index is 0.202. The first-order valence-electron chi connectivity index (χ1n) is 4.99. The molecule has 0 bridgehead atoms. The van der Waals surface area contributed by atoms with Crippen molar-refractivity contribution in [2.24, 2.45) is 0 Å². The van der Waals surface area contributed by atoms with E-state index in [0.717, 1.165) is 12.8 Å². The monoisotopic (exact) mass is 242 g/mol. The highest BCUT2D eigenvalue weighted by atomic mass is 32.3. The van der Waals surface area contributed by atoms with Crippen molar-refractivity contribution in [1.82, 2.24) is 0 Å². The first-order valence-corrected chi connectivity index (χ1v) is 6.32. The molecule has 6 nitrogen and oxygen atoms in total. The van der Waals surface area contributed by atoms with Gasteiger partial charge in [-0.2, -0.15) is 8.42 Å². The lowest BCUT2D eigenvalue weighted by Crippen LogP contribution is -2.12. The van der Waals surface area contributed by atoms with Gasteiger partial charge in [-0.05, 0) is 12.8 Å². The fourth-order valence-electron chi connectivity index (χ4n) is 0.604. The predicted molar refractivity (Wildman–Crippen MR) is 52.8 cm³/mol. The van der Waals surface area contributed by atoms with Crippen LogP contribution in [0.1, 0.15) is 39.5 Å². The second-order valence-electron chi connectivity index (χ2n) is 2.90. The third-order valence-electron chi connectivity index (χ3n) is 1.43. The van der Waals surface area contributed by atoms with Crippen LogP contribution in [-0.4, -0.2) is 21.6 Å². The Balaban J connectivity index is 3.50. The summed E-state index contributed by atoms with van der Waals surface area (Å²) in [6, 6.07) is 0. The van der Waals surface area contributed by atoms with E-state index in [2.05, 4.69) is 18.4 Å². The Morgan fingerprint density at radius 1 is 0.867 bits per heavy atom. The molecule has 0 aromatic heterocycles. The van der Waals surface area contributed by atoms with Crippen molar-refractivity contribution in [2.45, 2.75) is 39.5 Å². The molecule has 0 spiro atoms. The van der Waals surface area contributed by atoms with Gasteiger partial charge in [0, 0.05) is 0 Å². The Morgan fingerprint density at radius 3 is 1.60 bits per heavy atom. The Labute approximate surface area is 90.7 Å². The lowest BCUT2D eigenvalue weighted by molar-refractivity contribution is -0.259. The van der Waals surface area contributed by atoms with Crippen LogP contribution in [0.5, 0.6) is 0 Å². The molecule has 0 saturated carbocycles. The molecule has 0 N–H and O–H groups in total.